The lowest BCUT2D eigenvalue weighted by Crippen LogP contribution is -2.54. The number of unbranched alkanes of at least 4 members (excludes halogenated alkanes) is 1. The zero-order valence-corrected chi connectivity index (χ0v) is 26.1. The molecule has 0 saturated heterocycles. The molecular formula is C30H35Cl2FN4O4S. The Hall–Kier alpha value is -3.18. The Kier molecular flexibility index (Phi) is 12.2. The Morgan fingerprint density at radius 2 is 1.60 bits per heavy atom. The van der Waals surface area contributed by atoms with Crippen molar-refractivity contribution >= 4 is 50.9 Å². The highest BCUT2D eigenvalue weighted by atomic mass is 35.5. The average Bonchev–Trinajstić information content (AvgIpc) is 2.96. The van der Waals surface area contributed by atoms with E-state index in [1.807, 2.05) is 37.3 Å². The predicted molar refractivity (Wildman–Crippen MR) is 165 cm³/mol. The molecule has 0 radical (unpaired) electrons. The largest absolute Gasteiger partial charge is 0.354 e. The van der Waals surface area contributed by atoms with Gasteiger partial charge in [-0.15, -0.1) is 0 Å². The molecule has 1 N–H and O–H groups in total. The summed E-state index contributed by atoms with van der Waals surface area (Å²) in [6.45, 7) is 1.74. The molecule has 0 aliphatic rings. The number of benzene rings is 3. The molecule has 1 unspecified atom stereocenters. The lowest BCUT2D eigenvalue weighted by Gasteiger charge is -2.34. The van der Waals surface area contributed by atoms with Crippen molar-refractivity contribution in [2.24, 2.45) is 0 Å². The van der Waals surface area contributed by atoms with Crippen LogP contribution in [0, 0.1) is 5.82 Å². The van der Waals surface area contributed by atoms with Crippen LogP contribution in [0.5, 0.6) is 0 Å². The van der Waals surface area contributed by atoms with E-state index in [0.717, 1.165) is 39.1 Å². The molecule has 1 atom stereocenters. The number of nitrogens with zero attached hydrogens (tertiary/aromatic N) is 3. The monoisotopic (exact) mass is 636 g/mol. The van der Waals surface area contributed by atoms with Crippen molar-refractivity contribution in [3.8, 4) is 0 Å². The van der Waals surface area contributed by atoms with Crippen LogP contribution in [0.4, 0.5) is 10.1 Å². The number of hydrogen-bond donors (Lipinski definition) is 1. The highest BCUT2D eigenvalue weighted by Gasteiger charge is 2.34. The molecule has 3 aromatic rings. The standard InChI is InChI=1S/C30H35Cl2FN4O4S/c1-4-5-17-34-30(39)28(19-22-9-7-6-8-10-22)36(20-23-11-16-26(31)27(32)18-23)29(38)21-37(42(40,41)35(2)3)25-14-12-24(33)13-15-25/h6-16,18,28H,4-5,17,19-21H2,1-3H3,(H,34,39). The molecule has 3 rings (SSSR count). The van der Waals surface area contributed by atoms with Crippen LogP contribution in [0.3, 0.4) is 0 Å². The van der Waals surface area contributed by atoms with E-state index >= 15 is 0 Å². The Morgan fingerprint density at radius 1 is 0.929 bits per heavy atom. The summed E-state index contributed by atoms with van der Waals surface area (Å²) >= 11 is 12.4. The second kappa shape index (κ2) is 15.3. The number of anilines is 1. The summed E-state index contributed by atoms with van der Waals surface area (Å²) in [5.74, 6) is -1.56. The van der Waals surface area contributed by atoms with E-state index in [0.29, 0.717) is 17.1 Å². The van der Waals surface area contributed by atoms with Gasteiger partial charge in [-0.1, -0.05) is 72.9 Å². The minimum atomic E-state index is -4.18. The Morgan fingerprint density at radius 3 is 2.19 bits per heavy atom. The van der Waals surface area contributed by atoms with Gasteiger partial charge in [0, 0.05) is 33.6 Å². The number of hydrogen-bond acceptors (Lipinski definition) is 4. The van der Waals surface area contributed by atoms with E-state index in [1.54, 1.807) is 18.2 Å². The van der Waals surface area contributed by atoms with Gasteiger partial charge in [0.2, 0.25) is 11.8 Å². The van der Waals surface area contributed by atoms with Crippen molar-refractivity contribution in [3.63, 3.8) is 0 Å². The predicted octanol–water partition coefficient (Wildman–Crippen LogP) is 5.30. The maximum Gasteiger partial charge on any atom is 0.304 e. The van der Waals surface area contributed by atoms with E-state index in [2.05, 4.69) is 5.32 Å². The van der Waals surface area contributed by atoms with E-state index in [1.165, 1.54) is 31.1 Å². The molecule has 42 heavy (non-hydrogen) atoms. The first-order chi connectivity index (χ1) is 19.9. The van der Waals surface area contributed by atoms with Crippen LogP contribution < -0.4 is 9.62 Å². The summed E-state index contributed by atoms with van der Waals surface area (Å²) in [4.78, 5) is 29.2. The van der Waals surface area contributed by atoms with Crippen molar-refractivity contribution in [1.29, 1.82) is 0 Å². The SMILES string of the molecule is CCCCNC(=O)C(Cc1ccccc1)N(Cc1ccc(Cl)c(Cl)c1)C(=O)CN(c1ccc(F)cc1)S(=O)(=O)N(C)C. The normalized spacial score (nSPS) is 12.2. The summed E-state index contributed by atoms with van der Waals surface area (Å²) in [6, 6.07) is 18.0. The average molecular weight is 638 g/mol. The van der Waals surface area contributed by atoms with Crippen LogP contribution in [0.1, 0.15) is 30.9 Å². The van der Waals surface area contributed by atoms with Crippen molar-refractivity contribution in [3.05, 3.63) is 99.8 Å². The molecule has 0 aliphatic heterocycles. The van der Waals surface area contributed by atoms with E-state index < -0.39 is 34.5 Å². The lowest BCUT2D eigenvalue weighted by molar-refractivity contribution is -0.140. The fourth-order valence-corrected chi connectivity index (χ4v) is 5.60. The van der Waals surface area contributed by atoms with Gasteiger partial charge in [0.25, 0.3) is 0 Å². The Balaban J connectivity index is 2.09. The van der Waals surface area contributed by atoms with E-state index in [-0.39, 0.29) is 29.6 Å². The Bertz CT molecular complexity index is 1460. The van der Waals surface area contributed by atoms with Gasteiger partial charge >= 0.3 is 10.2 Å². The third-order valence-corrected chi connectivity index (χ3v) is 9.13. The fraction of sp³-hybridized carbons (Fsp3) is 0.333. The highest BCUT2D eigenvalue weighted by Crippen LogP contribution is 2.25. The molecule has 0 fully saturated rings. The van der Waals surface area contributed by atoms with Gasteiger partial charge in [-0.3, -0.25) is 9.59 Å². The summed E-state index contributed by atoms with van der Waals surface area (Å²) in [5, 5.41) is 3.53. The third kappa shape index (κ3) is 8.91. The topological polar surface area (TPSA) is 90.0 Å². The minimum Gasteiger partial charge on any atom is -0.354 e. The number of amides is 2. The quantitative estimate of drug-likeness (QED) is 0.243. The van der Waals surface area contributed by atoms with Gasteiger partial charge in [0.1, 0.15) is 18.4 Å². The smallest absolute Gasteiger partial charge is 0.304 e. The zero-order valence-electron chi connectivity index (χ0n) is 23.8. The summed E-state index contributed by atoms with van der Waals surface area (Å²) in [7, 11) is -1.51. The first kappa shape index (κ1) is 33.3. The molecule has 3 aromatic carbocycles. The molecular weight excluding hydrogens is 602 g/mol. The number of nitrogens with one attached hydrogen (secondary N) is 1. The van der Waals surface area contributed by atoms with Crippen LogP contribution in [-0.2, 0) is 32.8 Å². The van der Waals surface area contributed by atoms with Crippen LogP contribution >= 0.6 is 23.2 Å². The molecule has 8 nitrogen and oxygen atoms in total. The van der Waals surface area contributed by atoms with Crippen LogP contribution in [-0.4, -0.2) is 62.7 Å². The zero-order chi connectivity index (χ0) is 30.9. The van der Waals surface area contributed by atoms with E-state index in [4.69, 9.17) is 23.2 Å². The van der Waals surface area contributed by atoms with Crippen LogP contribution in [0.15, 0.2) is 72.8 Å². The molecule has 0 heterocycles. The lowest BCUT2D eigenvalue weighted by atomic mass is 10.0. The summed E-state index contributed by atoms with van der Waals surface area (Å²) < 4.78 is 42.3. The van der Waals surface area contributed by atoms with Gasteiger partial charge in [-0.05, 0) is 53.9 Å². The van der Waals surface area contributed by atoms with Crippen molar-refractivity contribution in [2.45, 2.75) is 38.8 Å². The van der Waals surface area contributed by atoms with Crippen molar-refractivity contribution in [2.75, 3.05) is 31.5 Å². The van der Waals surface area contributed by atoms with Crippen LogP contribution in [0.2, 0.25) is 10.0 Å². The fourth-order valence-electron chi connectivity index (χ4n) is 4.22. The molecule has 0 bridgehead atoms. The second-order valence-corrected chi connectivity index (χ2v) is 12.8. The molecule has 0 spiro atoms. The number of carbonyl (C=O) groups is 2. The first-order valence-electron chi connectivity index (χ1n) is 13.4. The highest BCUT2D eigenvalue weighted by molar-refractivity contribution is 7.90. The van der Waals surface area contributed by atoms with Gasteiger partial charge < -0.3 is 10.2 Å². The maximum atomic E-state index is 14.2. The molecule has 0 saturated carbocycles. The molecule has 2 amide bonds. The van der Waals surface area contributed by atoms with E-state index in [9.17, 15) is 22.4 Å². The summed E-state index contributed by atoms with van der Waals surface area (Å²) in [6.07, 6.45) is 1.80. The first-order valence-corrected chi connectivity index (χ1v) is 15.6. The maximum absolute atomic E-state index is 14.2. The molecule has 12 heteroatoms. The Labute approximate surface area is 257 Å². The number of carbonyl (C=O) groups excluding carboxylic acids is 2. The second-order valence-electron chi connectivity index (χ2n) is 9.89. The van der Waals surface area contributed by atoms with Crippen LogP contribution in [0.25, 0.3) is 0 Å². The van der Waals surface area contributed by atoms with Crippen molar-refractivity contribution in [1.82, 2.24) is 14.5 Å². The molecule has 0 aromatic heterocycles. The number of halogens is 3. The van der Waals surface area contributed by atoms with Crippen molar-refractivity contribution < 1.29 is 22.4 Å². The van der Waals surface area contributed by atoms with Gasteiger partial charge in [-0.25, -0.2) is 8.70 Å². The summed E-state index contributed by atoms with van der Waals surface area (Å²) in [5.41, 5.74) is 1.51. The number of rotatable bonds is 14. The third-order valence-electron chi connectivity index (χ3n) is 6.57. The van der Waals surface area contributed by atoms with Gasteiger partial charge in [0.15, 0.2) is 0 Å². The van der Waals surface area contributed by atoms with Gasteiger partial charge in [0.05, 0.1) is 15.7 Å². The van der Waals surface area contributed by atoms with Gasteiger partial charge in [-0.2, -0.15) is 12.7 Å². The minimum absolute atomic E-state index is 0.0479. The molecule has 0 aliphatic carbocycles. The molecule has 226 valence electrons.